The van der Waals surface area contributed by atoms with E-state index in [4.69, 9.17) is 18.0 Å². The van der Waals surface area contributed by atoms with Gasteiger partial charge < -0.3 is 10.6 Å². The zero-order chi connectivity index (χ0) is 15.6. The molecular weight excluding hydrogens is 369 g/mol. The van der Waals surface area contributed by atoms with E-state index < -0.39 is 11.7 Å². The van der Waals surface area contributed by atoms with E-state index in [1.54, 1.807) is 4.90 Å². The summed E-state index contributed by atoms with van der Waals surface area (Å²) in [6.45, 7) is 2.61. The van der Waals surface area contributed by atoms with Crippen LogP contribution in [0.3, 0.4) is 0 Å². The third kappa shape index (κ3) is 4.27. The molecule has 0 spiro atoms. The van der Waals surface area contributed by atoms with Crippen molar-refractivity contribution in [3.8, 4) is 0 Å². The van der Waals surface area contributed by atoms with Gasteiger partial charge in [-0.05, 0) is 22.0 Å². The van der Waals surface area contributed by atoms with Crippen LogP contribution in [0.25, 0.3) is 0 Å². The summed E-state index contributed by atoms with van der Waals surface area (Å²) in [6.07, 6.45) is -3.05. The number of aromatic nitrogens is 1. The molecule has 0 unspecified atom stereocenters. The van der Waals surface area contributed by atoms with Crippen LogP contribution in [0, 0.1) is 0 Å². The SMILES string of the molecule is NC(=S)CN1CCN(c2ncc(Br)cc2C(F)(F)F)CC1. The smallest absolute Gasteiger partial charge is 0.392 e. The minimum absolute atomic E-state index is 0.0272. The Hall–Kier alpha value is -0.930. The first-order valence-electron chi connectivity index (χ1n) is 6.25. The highest BCUT2D eigenvalue weighted by Gasteiger charge is 2.36. The second kappa shape index (κ2) is 6.45. The van der Waals surface area contributed by atoms with Crippen LogP contribution in [-0.2, 0) is 6.18 Å². The van der Waals surface area contributed by atoms with Crippen LogP contribution in [0.1, 0.15) is 5.56 Å². The molecule has 0 saturated carbocycles. The first-order chi connectivity index (χ1) is 9.77. The molecule has 0 bridgehead atoms. The molecule has 1 saturated heterocycles. The van der Waals surface area contributed by atoms with E-state index in [1.165, 1.54) is 6.20 Å². The van der Waals surface area contributed by atoms with Crippen LogP contribution in [0.2, 0.25) is 0 Å². The lowest BCUT2D eigenvalue weighted by Crippen LogP contribution is -2.49. The maximum Gasteiger partial charge on any atom is 0.419 e. The third-order valence-electron chi connectivity index (χ3n) is 3.19. The van der Waals surface area contributed by atoms with Crippen LogP contribution >= 0.6 is 28.1 Å². The molecule has 1 aromatic rings. The molecule has 0 amide bonds. The summed E-state index contributed by atoms with van der Waals surface area (Å²) in [4.78, 5) is 8.00. The van der Waals surface area contributed by atoms with E-state index in [-0.39, 0.29) is 5.82 Å². The number of rotatable bonds is 3. The molecule has 116 valence electrons. The fourth-order valence-electron chi connectivity index (χ4n) is 2.23. The van der Waals surface area contributed by atoms with Crippen molar-refractivity contribution in [2.75, 3.05) is 37.6 Å². The van der Waals surface area contributed by atoms with Gasteiger partial charge >= 0.3 is 6.18 Å². The van der Waals surface area contributed by atoms with Crippen molar-refractivity contribution >= 4 is 39.0 Å². The highest BCUT2D eigenvalue weighted by molar-refractivity contribution is 9.10. The largest absolute Gasteiger partial charge is 0.419 e. The highest BCUT2D eigenvalue weighted by atomic mass is 79.9. The van der Waals surface area contributed by atoms with Gasteiger partial charge in [-0.2, -0.15) is 13.2 Å². The Kier molecular flexibility index (Phi) is 5.05. The molecule has 1 aromatic heterocycles. The minimum Gasteiger partial charge on any atom is -0.392 e. The van der Waals surface area contributed by atoms with Crippen molar-refractivity contribution in [2.45, 2.75) is 6.18 Å². The summed E-state index contributed by atoms with van der Waals surface area (Å²) in [7, 11) is 0. The summed E-state index contributed by atoms with van der Waals surface area (Å²) in [5.41, 5.74) is 4.75. The molecular formula is C12H14BrF3N4S. The average molecular weight is 383 g/mol. The predicted octanol–water partition coefficient (Wildman–Crippen LogP) is 2.27. The molecule has 0 aromatic carbocycles. The maximum absolute atomic E-state index is 13.1. The van der Waals surface area contributed by atoms with Crippen LogP contribution in [0.5, 0.6) is 0 Å². The number of hydrogen-bond donors (Lipinski definition) is 1. The van der Waals surface area contributed by atoms with Crippen molar-refractivity contribution in [2.24, 2.45) is 5.73 Å². The Morgan fingerprint density at radius 3 is 2.48 bits per heavy atom. The molecule has 1 aliphatic rings. The average Bonchev–Trinajstić information content (AvgIpc) is 2.38. The van der Waals surface area contributed by atoms with Gasteiger partial charge in [0.1, 0.15) is 5.82 Å². The van der Waals surface area contributed by atoms with E-state index in [1.807, 2.05) is 4.90 Å². The van der Waals surface area contributed by atoms with Crippen LogP contribution < -0.4 is 10.6 Å². The van der Waals surface area contributed by atoms with Crippen LogP contribution in [0.15, 0.2) is 16.7 Å². The molecule has 0 aliphatic carbocycles. The van der Waals surface area contributed by atoms with Gasteiger partial charge in [0.15, 0.2) is 0 Å². The highest BCUT2D eigenvalue weighted by Crippen LogP contribution is 2.37. The monoisotopic (exact) mass is 382 g/mol. The number of thiocarbonyl (C=S) groups is 1. The summed E-state index contributed by atoms with van der Waals surface area (Å²) in [5, 5.41) is 0. The fourth-order valence-corrected chi connectivity index (χ4v) is 2.74. The van der Waals surface area contributed by atoms with E-state index in [2.05, 4.69) is 20.9 Å². The summed E-state index contributed by atoms with van der Waals surface area (Å²) in [5.74, 6) is -0.0272. The van der Waals surface area contributed by atoms with Gasteiger partial charge in [-0.3, -0.25) is 4.90 Å². The van der Waals surface area contributed by atoms with Gasteiger partial charge in [-0.15, -0.1) is 0 Å². The van der Waals surface area contributed by atoms with E-state index in [9.17, 15) is 13.2 Å². The second-order valence-corrected chi connectivity index (χ2v) is 6.19. The Bertz CT molecular complexity index is 530. The van der Waals surface area contributed by atoms with Crippen LogP contribution in [-0.4, -0.2) is 47.6 Å². The third-order valence-corrected chi connectivity index (χ3v) is 3.75. The molecule has 0 atom stereocenters. The molecule has 0 radical (unpaired) electrons. The number of nitrogens with zero attached hydrogens (tertiary/aromatic N) is 3. The molecule has 2 rings (SSSR count). The molecule has 21 heavy (non-hydrogen) atoms. The number of pyridine rings is 1. The fraction of sp³-hybridized carbons (Fsp3) is 0.500. The summed E-state index contributed by atoms with van der Waals surface area (Å²) in [6, 6.07) is 1.06. The standard InChI is InChI=1S/C12H14BrF3N4S/c13-8-5-9(12(14,15)16)11(18-6-8)20-3-1-19(2-4-20)7-10(17)21/h5-6H,1-4,7H2,(H2,17,21). The normalized spacial score (nSPS) is 17.0. The Morgan fingerprint density at radius 2 is 1.95 bits per heavy atom. The number of anilines is 1. The van der Waals surface area contributed by atoms with E-state index in [0.29, 0.717) is 42.2 Å². The van der Waals surface area contributed by atoms with E-state index >= 15 is 0 Å². The topological polar surface area (TPSA) is 45.4 Å². The maximum atomic E-state index is 13.1. The molecule has 2 heterocycles. The zero-order valence-electron chi connectivity index (χ0n) is 11.0. The van der Waals surface area contributed by atoms with Crippen molar-refractivity contribution < 1.29 is 13.2 Å². The summed E-state index contributed by atoms with van der Waals surface area (Å²) < 4.78 is 39.6. The first kappa shape index (κ1) is 16.4. The Labute approximate surface area is 134 Å². The van der Waals surface area contributed by atoms with Crippen molar-refractivity contribution in [3.05, 3.63) is 22.3 Å². The molecule has 2 N–H and O–H groups in total. The van der Waals surface area contributed by atoms with Gasteiger partial charge in [0.2, 0.25) is 0 Å². The number of hydrogen-bond acceptors (Lipinski definition) is 4. The molecule has 1 fully saturated rings. The van der Waals surface area contributed by atoms with Gasteiger partial charge in [0, 0.05) is 43.4 Å². The van der Waals surface area contributed by atoms with Crippen molar-refractivity contribution in [1.29, 1.82) is 0 Å². The molecule has 9 heteroatoms. The second-order valence-electron chi connectivity index (χ2n) is 4.75. The van der Waals surface area contributed by atoms with Gasteiger partial charge in [0.05, 0.1) is 10.6 Å². The van der Waals surface area contributed by atoms with Crippen LogP contribution in [0.4, 0.5) is 19.0 Å². The quantitative estimate of drug-likeness (QED) is 0.812. The lowest BCUT2D eigenvalue weighted by molar-refractivity contribution is -0.137. The number of piperazine rings is 1. The zero-order valence-corrected chi connectivity index (χ0v) is 13.4. The number of nitrogens with two attached hydrogens (primary N) is 1. The lowest BCUT2D eigenvalue weighted by Gasteiger charge is -2.36. The molecule has 4 nitrogen and oxygen atoms in total. The van der Waals surface area contributed by atoms with Gasteiger partial charge in [0.25, 0.3) is 0 Å². The number of alkyl halides is 3. The Morgan fingerprint density at radius 1 is 1.33 bits per heavy atom. The first-order valence-corrected chi connectivity index (χ1v) is 7.46. The van der Waals surface area contributed by atoms with Crippen molar-refractivity contribution in [1.82, 2.24) is 9.88 Å². The van der Waals surface area contributed by atoms with Gasteiger partial charge in [-0.1, -0.05) is 12.2 Å². The summed E-state index contributed by atoms with van der Waals surface area (Å²) >= 11 is 7.87. The van der Waals surface area contributed by atoms with Crippen molar-refractivity contribution in [3.63, 3.8) is 0 Å². The Balaban J connectivity index is 2.15. The molecule has 1 aliphatic heterocycles. The lowest BCUT2D eigenvalue weighted by atomic mass is 10.2. The van der Waals surface area contributed by atoms with E-state index in [0.717, 1.165) is 6.07 Å². The predicted molar refractivity (Wildman–Crippen MR) is 82.4 cm³/mol. The number of halogens is 4. The minimum atomic E-state index is -4.43. The van der Waals surface area contributed by atoms with Gasteiger partial charge in [-0.25, -0.2) is 4.98 Å².